The van der Waals surface area contributed by atoms with Crippen LogP contribution in [0.15, 0.2) is 47.5 Å². The van der Waals surface area contributed by atoms with Crippen molar-refractivity contribution in [3.05, 3.63) is 59.2 Å². The van der Waals surface area contributed by atoms with Crippen molar-refractivity contribution in [3.8, 4) is 23.3 Å². The van der Waals surface area contributed by atoms with E-state index in [1.807, 2.05) is 25.1 Å². The zero-order chi connectivity index (χ0) is 22.0. The highest BCUT2D eigenvalue weighted by Gasteiger charge is 2.30. The summed E-state index contributed by atoms with van der Waals surface area (Å²) in [5.41, 5.74) is 0.519. The number of benzene rings is 2. The Bertz CT molecular complexity index is 931. The van der Waals surface area contributed by atoms with Crippen LogP contribution in [0.3, 0.4) is 0 Å². The molecule has 160 valence electrons. The van der Waals surface area contributed by atoms with Gasteiger partial charge in [-0.2, -0.15) is 13.2 Å². The molecule has 0 radical (unpaired) electrons. The lowest BCUT2D eigenvalue weighted by molar-refractivity contribution is -0.137. The second-order valence-corrected chi connectivity index (χ2v) is 6.12. The summed E-state index contributed by atoms with van der Waals surface area (Å²) in [5.74, 6) is 7.35. The first-order valence-corrected chi connectivity index (χ1v) is 9.26. The molecule has 0 aliphatic rings. The molecule has 2 rings (SSSR count). The van der Waals surface area contributed by atoms with Gasteiger partial charge in [0, 0.05) is 12.1 Å². The van der Waals surface area contributed by atoms with Crippen LogP contribution in [0.1, 0.15) is 23.6 Å². The van der Waals surface area contributed by atoms with Crippen molar-refractivity contribution >= 4 is 5.96 Å². The monoisotopic (exact) mass is 419 g/mol. The van der Waals surface area contributed by atoms with E-state index < -0.39 is 11.7 Å². The molecule has 0 unspecified atom stereocenters. The van der Waals surface area contributed by atoms with Gasteiger partial charge in [0.05, 0.1) is 32.9 Å². The van der Waals surface area contributed by atoms with Crippen molar-refractivity contribution in [2.45, 2.75) is 19.6 Å². The standard InChI is InChI=1S/C22H24F3N3O2/c1-4-26-21(28-15-17-10-11-19(29-2)20(14-17)30-3)27-12-6-8-16-7-5-9-18(13-16)22(23,24)25/h5,7,9-11,13-14H,4,12,15H2,1-3H3,(H2,26,27,28). The van der Waals surface area contributed by atoms with Gasteiger partial charge in [-0.15, -0.1) is 0 Å². The smallest absolute Gasteiger partial charge is 0.416 e. The molecule has 30 heavy (non-hydrogen) atoms. The Hall–Kier alpha value is -3.34. The highest BCUT2D eigenvalue weighted by Crippen LogP contribution is 2.29. The van der Waals surface area contributed by atoms with E-state index in [2.05, 4.69) is 27.5 Å². The molecular weight excluding hydrogens is 395 g/mol. The first kappa shape index (κ1) is 22.9. The maximum absolute atomic E-state index is 12.8. The number of rotatable bonds is 6. The third kappa shape index (κ3) is 6.92. The molecule has 2 aromatic carbocycles. The average Bonchev–Trinajstić information content (AvgIpc) is 2.74. The molecule has 0 atom stereocenters. The first-order chi connectivity index (χ1) is 14.4. The Kier molecular flexibility index (Phi) is 8.41. The molecule has 0 aliphatic heterocycles. The predicted octanol–water partition coefficient (Wildman–Crippen LogP) is 3.83. The molecule has 0 amide bonds. The van der Waals surface area contributed by atoms with Crippen LogP contribution >= 0.6 is 0 Å². The molecule has 2 N–H and O–H groups in total. The Labute approximate surface area is 174 Å². The highest BCUT2D eigenvalue weighted by molar-refractivity contribution is 5.80. The van der Waals surface area contributed by atoms with E-state index in [1.165, 1.54) is 6.07 Å². The highest BCUT2D eigenvalue weighted by atomic mass is 19.4. The molecule has 0 heterocycles. The van der Waals surface area contributed by atoms with Crippen LogP contribution in [0.5, 0.6) is 11.5 Å². The van der Waals surface area contributed by atoms with E-state index in [0.717, 1.165) is 17.7 Å². The normalized spacial score (nSPS) is 11.3. The van der Waals surface area contributed by atoms with E-state index in [4.69, 9.17) is 9.47 Å². The second-order valence-electron chi connectivity index (χ2n) is 6.12. The van der Waals surface area contributed by atoms with Crippen molar-refractivity contribution in [1.82, 2.24) is 10.6 Å². The zero-order valence-electron chi connectivity index (χ0n) is 17.1. The molecular formula is C22H24F3N3O2. The lowest BCUT2D eigenvalue weighted by atomic mass is 10.1. The van der Waals surface area contributed by atoms with E-state index in [9.17, 15) is 13.2 Å². The number of nitrogens with zero attached hydrogens (tertiary/aromatic N) is 1. The van der Waals surface area contributed by atoms with Crippen LogP contribution in [-0.4, -0.2) is 33.3 Å². The third-order valence-electron chi connectivity index (χ3n) is 3.98. The largest absolute Gasteiger partial charge is 0.493 e. The summed E-state index contributed by atoms with van der Waals surface area (Å²) in [6.45, 7) is 3.21. The number of halogens is 3. The van der Waals surface area contributed by atoms with Gasteiger partial charge in [-0.3, -0.25) is 0 Å². The van der Waals surface area contributed by atoms with Gasteiger partial charge < -0.3 is 20.1 Å². The van der Waals surface area contributed by atoms with E-state index in [0.29, 0.717) is 36.1 Å². The number of aliphatic imine (C=N–C) groups is 1. The van der Waals surface area contributed by atoms with Gasteiger partial charge in [0.2, 0.25) is 0 Å². The van der Waals surface area contributed by atoms with E-state index in [1.54, 1.807) is 20.3 Å². The molecule has 0 aromatic heterocycles. The molecule has 0 fully saturated rings. The van der Waals surface area contributed by atoms with Crippen molar-refractivity contribution in [2.75, 3.05) is 27.3 Å². The SMILES string of the molecule is CCNC(=NCc1ccc(OC)c(OC)c1)NCC#Cc1cccc(C(F)(F)F)c1. The Balaban J connectivity index is 2.01. The first-order valence-electron chi connectivity index (χ1n) is 9.26. The van der Waals surface area contributed by atoms with Crippen LogP contribution in [0, 0.1) is 11.8 Å². The summed E-state index contributed by atoms with van der Waals surface area (Å²) >= 11 is 0. The van der Waals surface area contributed by atoms with Crippen molar-refractivity contribution in [2.24, 2.45) is 4.99 Å². The summed E-state index contributed by atoms with van der Waals surface area (Å²) in [4.78, 5) is 4.49. The predicted molar refractivity (Wildman–Crippen MR) is 111 cm³/mol. The molecule has 2 aromatic rings. The number of nitrogens with one attached hydrogen (secondary N) is 2. The summed E-state index contributed by atoms with van der Waals surface area (Å²) in [7, 11) is 3.14. The lowest BCUT2D eigenvalue weighted by Gasteiger charge is -2.10. The molecule has 0 bridgehead atoms. The number of hydrogen-bond donors (Lipinski definition) is 2. The maximum atomic E-state index is 12.8. The van der Waals surface area contributed by atoms with E-state index in [-0.39, 0.29) is 6.54 Å². The minimum atomic E-state index is -4.38. The number of hydrogen-bond acceptors (Lipinski definition) is 3. The zero-order valence-corrected chi connectivity index (χ0v) is 17.1. The fourth-order valence-electron chi connectivity index (χ4n) is 2.54. The topological polar surface area (TPSA) is 54.9 Å². The summed E-state index contributed by atoms with van der Waals surface area (Å²) in [6.07, 6.45) is -4.38. The van der Waals surface area contributed by atoms with Crippen LogP contribution in [0.2, 0.25) is 0 Å². The number of methoxy groups -OCH3 is 2. The molecule has 0 saturated heterocycles. The fourth-order valence-corrected chi connectivity index (χ4v) is 2.54. The van der Waals surface area contributed by atoms with Crippen LogP contribution in [0.25, 0.3) is 0 Å². The Morgan fingerprint density at radius 1 is 1.03 bits per heavy atom. The number of alkyl halides is 3. The summed E-state index contributed by atoms with van der Waals surface area (Å²) in [5, 5.41) is 6.14. The minimum absolute atomic E-state index is 0.230. The molecule has 0 spiro atoms. The van der Waals surface area contributed by atoms with Gasteiger partial charge in [-0.1, -0.05) is 24.0 Å². The van der Waals surface area contributed by atoms with E-state index >= 15 is 0 Å². The molecule has 8 heteroatoms. The van der Waals surface area contributed by atoms with Gasteiger partial charge in [0.15, 0.2) is 17.5 Å². The Morgan fingerprint density at radius 2 is 1.80 bits per heavy atom. The van der Waals surface area contributed by atoms with Gasteiger partial charge in [0.1, 0.15) is 0 Å². The third-order valence-corrected chi connectivity index (χ3v) is 3.98. The molecule has 0 aliphatic carbocycles. The number of ether oxygens (including phenoxy) is 2. The fraction of sp³-hybridized carbons (Fsp3) is 0.318. The van der Waals surface area contributed by atoms with Crippen LogP contribution in [0.4, 0.5) is 13.2 Å². The van der Waals surface area contributed by atoms with Gasteiger partial charge in [-0.25, -0.2) is 4.99 Å². The average molecular weight is 419 g/mol. The van der Waals surface area contributed by atoms with Gasteiger partial charge in [-0.05, 0) is 42.8 Å². The Morgan fingerprint density at radius 3 is 2.47 bits per heavy atom. The molecule has 0 saturated carbocycles. The second kappa shape index (κ2) is 11.0. The van der Waals surface area contributed by atoms with Crippen LogP contribution in [-0.2, 0) is 12.7 Å². The number of guanidine groups is 1. The van der Waals surface area contributed by atoms with Crippen molar-refractivity contribution in [3.63, 3.8) is 0 Å². The maximum Gasteiger partial charge on any atom is 0.416 e. The lowest BCUT2D eigenvalue weighted by Crippen LogP contribution is -2.37. The van der Waals surface area contributed by atoms with Gasteiger partial charge in [0.25, 0.3) is 0 Å². The molecule has 5 nitrogen and oxygen atoms in total. The summed E-state index contributed by atoms with van der Waals surface area (Å²) in [6, 6.07) is 10.5. The van der Waals surface area contributed by atoms with Crippen LogP contribution < -0.4 is 20.1 Å². The van der Waals surface area contributed by atoms with Gasteiger partial charge >= 0.3 is 6.18 Å². The quantitative estimate of drug-likeness (QED) is 0.425. The summed E-state index contributed by atoms with van der Waals surface area (Å²) < 4.78 is 48.8. The van der Waals surface area contributed by atoms with Crippen molar-refractivity contribution in [1.29, 1.82) is 0 Å². The minimum Gasteiger partial charge on any atom is -0.493 e. The van der Waals surface area contributed by atoms with Crippen molar-refractivity contribution < 1.29 is 22.6 Å².